The molecule has 0 aromatic heterocycles. The van der Waals surface area contributed by atoms with Gasteiger partial charge in [-0.05, 0) is 0 Å². The van der Waals surface area contributed by atoms with Gasteiger partial charge >= 0.3 is 29.6 Å². The van der Waals surface area contributed by atoms with E-state index in [9.17, 15) is 0 Å². The third-order valence-electron chi connectivity index (χ3n) is 0. The van der Waals surface area contributed by atoms with Crippen LogP contribution in [0.15, 0.2) is 0 Å². The fourth-order valence-corrected chi connectivity index (χ4v) is 0. The van der Waals surface area contributed by atoms with Crippen LogP contribution in [-0.4, -0.2) is 17.5 Å². The second-order valence-electron chi connectivity index (χ2n) is 0.408. The Balaban J connectivity index is -0.0000000267. The van der Waals surface area contributed by atoms with Gasteiger partial charge in [-0.25, -0.2) is 0 Å². The van der Waals surface area contributed by atoms with Crippen molar-refractivity contribution in [1.82, 2.24) is 6.15 Å². The summed E-state index contributed by atoms with van der Waals surface area (Å²) < 4.78 is 34.1. The van der Waals surface area contributed by atoms with Crippen LogP contribution in [0.4, 0.5) is 0 Å². The minimum atomic E-state index is -5.17. The van der Waals surface area contributed by atoms with Gasteiger partial charge in [-0.1, -0.05) is 0 Å². The topological polar surface area (TPSA) is 117 Å². The predicted molar refractivity (Wildman–Crippen MR) is 16.5 cm³/mol. The summed E-state index contributed by atoms with van der Waals surface area (Å²) in [5.41, 5.74) is 0. The average Bonchev–Trinajstić information content (AvgIpc) is 0.722. The largest absolute Gasteiger partial charge is 1.00 e. The molecule has 0 fully saturated rings. The monoisotopic (exact) mass is 172 g/mol. The van der Waals surface area contributed by atoms with Gasteiger partial charge in [0.2, 0.25) is 0 Å². The first-order valence-electron chi connectivity index (χ1n) is 0.667. The van der Waals surface area contributed by atoms with Crippen LogP contribution in [-0.2, 0) is 10.4 Å². The van der Waals surface area contributed by atoms with Crippen LogP contribution in [0.25, 0.3) is 0 Å². The smallest absolute Gasteiger partial charge is 1.00 e. The number of halogens is 1. The first kappa shape index (κ1) is 22.9. The van der Waals surface area contributed by atoms with Crippen molar-refractivity contribution < 1.29 is 59.5 Å². The van der Waals surface area contributed by atoms with Crippen LogP contribution < -0.4 is 48.1 Å². The van der Waals surface area contributed by atoms with Gasteiger partial charge in [-0.15, -0.1) is 0 Å². The van der Waals surface area contributed by atoms with Crippen LogP contribution in [0.3, 0.4) is 0 Å². The summed E-state index contributed by atoms with van der Waals surface area (Å²) in [6, 6.07) is 0. The molecule has 0 aliphatic rings. The molecular weight excluding hydrogens is 169 g/mol. The summed E-state index contributed by atoms with van der Waals surface area (Å²) in [5, 5.41) is 0. The number of rotatable bonds is 0. The maximum Gasteiger partial charge on any atom is 1.00 e. The van der Waals surface area contributed by atoms with Crippen molar-refractivity contribution in [2.75, 3.05) is 0 Å². The molecule has 0 heterocycles. The van der Waals surface area contributed by atoms with Gasteiger partial charge in [0.1, 0.15) is 0 Å². The van der Waals surface area contributed by atoms with E-state index in [0.717, 1.165) is 0 Å². The molecule has 0 saturated heterocycles. The standard InChI is InChI=1S/ClH.H3N.Na.H2O4S/c;;;1-5(2,3)4/h1H;1H3;;(H2,1,2,3,4)/q;;+1;/p-2. The Labute approximate surface area is 75.7 Å². The van der Waals surface area contributed by atoms with E-state index < -0.39 is 10.4 Å². The fraction of sp³-hybridized carbons (Fsp3) is 0. The van der Waals surface area contributed by atoms with Crippen molar-refractivity contribution in [2.45, 2.75) is 0 Å². The van der Waals surface area contributed by atoms with Gasteiger partial charge in [0, 0.05) is 10.4 Å². The third-order valence-corrected chi connectivity index (χ3v) is 0. The van der Waals surface area contributed by atoms with E-state index in [0.29, 0.717) is 0 Å². The molecule has 0 spiro atoms. The van der Waals surface area contributed by atoms with Crippen molar-refractivity contribution >= 4 is 10.4 Å². The van der Waals surface area contributed by atoms with Crippen molar-refractivity contribution in [1.29, 1.82) is 0 Å². The van der Waals surface area contributed by atoms with Crippen LogP contribution in [0.2, 0.25) is 0 Å². The fourth-order valence-electron chi connectivity index (χ4n) is 0. The molecule has 0 aliphatic heterocycles. The molecule has 0 aliphatic carbocycles. The maximum atomic E-state index is 8.52. The number of quaternary nitrogens is 1. The van der Waals surface area contributed by atoms with E-state index >= 15 is 0 Å². The van der Waals surface area contributed by atoms with Crippen molar-refractivity contribution in [3.8, 4) is 0 Å². The molecule has 0 aromatic rings. The minimum absolute atomic E-state index is 0. The predicted octanol–water partition coefficient (Wildman–Crippen LogP) is -6.95. The molecule has 48 valence electrons. The van der Waals surface area contributed by atoms with Gasteiger partial charge in [-0.2, -0.15) is 0 Å². The van der Waals surface area contributed by atoms with E-state index in [1.807, 2.05) is 0 Å². The Morgan fingerprint density at radius 3 is 1.12 bits per heavy atom. The van der Waals surface area contributed by atoms with Gasteiger partial charge in [0.15, 0.2) is 0 Å². The van der Waals surface area contributed by atoms with E-state index in [1.165, 1.54) is 0 Å². The first-order chi connectivity index (χ1) is 2.00. The summed E-state index contributed by atoms with van der Waals surface area (Å²) in [6.07, 6.45) is 0. The van der Waals surface area contributed by atoms with Gasteiger partial charge in [0.25, 0.3) is 0 Å². The summed E-state index contributed by atoms with van der Waals surface area (Å²) >= 11 is 0. The Morgan fingerprint density at radius 2 is 1.12 bits per heavy atom. The Morgan fingerprint density at radius 1 is 1.12 bits per heavy atom. The SMILES string of the molecule is O=S(=O)([O-])[O-].[Cl-].[NH4+].[Na+]. The third kappa shape index (κ3) is 213. The molecule has 0 unspecified atom stereocenters. The van der Waals surface area contributed by atoms with Gasteiger partial charge in [-0.3, -0.25) is 8.42 Å². The second kappa shape index (κ2) is 8.12. The van der Waals surface area contributed by atoms with E-state index in [-0.39, 0.29) is 48.1 Å². The molecule has 0 radical (unpaired) electrons. The zero-order valence-electron chi connectivity index (χ0n) is 4.42. The molecule has 0 aromatic carbocycles. The minimum Gasteiger partial charge on any atom is -1.00 e. The second-order valence-corrected chi connectivity index (χ2v) is 1.22. The van der Waals surface area contributed by atoms with Crippen molar-refractivity contribution in [2.24, 2.45) is 0 Å². The average molecular weight is 173 g/mol. The number of hydrogen-bond donors (Lipinski definition) is 1. The van der Waals surface area contributed by atoms with Gasteiger partial charge < -0.3 is 27.7 Å². The molecule has 8 heavy (non-hydrogen) atoms. The van der Waals surface area contributed by atoms with Crippen LogP contribution in [0.5, 0.6) is 0 Å². The zero-order valence-corrected chi connectivity index (χ0v) is 7.99. The molecule has 5 nitrogen and oxygen atoms in total. The zero-order chi connectivity index (χ0) is 4.50. The Kier molecular flexibility index (Phi) is 23.3. The van der Waals surface area contributed by atoms with E-state index in [4.69, 9.17) is 17.5 Å². The summed E-state index contributed by atoms with van der Waals surface area (Å²) in [7, 11) is -5.17. The molecule has 0 atom stereocenters. The Hall–Kier alpha value is 1.12. The number of hydrogen-bond acceptors (Lipinski definition) is 4. The molecule has 0 saturated carbocycles. The quantitative estimate of drug-likeness (QED) is 0.222. The molecular formula is H4ClNNaO4S-. The molecule has 0 bridgehead atoms. The first-order valence-corrected chi connectivity index (χ1v) is 2.00. The molecule has 8 heteroatoms. The molecule has 4 N–H and O–H groups in total. The van der Waals surface area contributed by atoms with Crippen LogP contribution in [0, 0.1) is 0 Å². The van der Waals surface area contributed by atoms with E-state index in [2.05, 4.69) is 0 Å². The Bertz CT molecular complexity index is 99.2. The normalized spacial score (nSPS) is 7.25. The van der Waals surface area contributed by atoms with Gasteiger partial charge in [0.05, 0.1) is 0 Å². The van der Waals surface area contributed by atoms with Crippen LogP contribution in [0.1, 0.15) is 0 Å². The van der Waals surface area contributed by atoms with E-state index in [1.54, 1.807) is 0 Å². The van der Waals surface area contributed by atoms with Crippen molar-refractivity contribution in [3.63, 3.8) is 0 Å². The molecule has 0 amide bonds. The summed E-state index contributed by atoms with van der Waals surface area (Å²) in [4.78, 5) is 0. The van der Waals surface area contributed by atoms with Crippen molar-refractivity contribution in [3.05, 3.63) is 0 Å². The summed E-state index contributed by atoms with van der Waals surface area (Å²) in [6.45, 7) is 0. The molecule has 0 rings (SSSR count). The maximum absolute atomic E-state index is 8.52. The van der Waals surface area contributed by atoms with Crippen LogP contribution >= 0.6 is 0 Å². The summed E-state index contributed by atoms with van der Waals surface area (Å²) in [5.74, 6) is 0.